The molecular weight excluding hydrogens is 424 g/mol. The predicted octanol–water partition coefficient (Wildman–Crippen LogP) is 5.37. The number of rotatable bonds is 9. The maximum Gasteiger partial charge on any atom is 0.307 e. The van der Waals surface area contributed by atoms with Crippen LogP contribution in [0.5, 0.6) is 0 Å². The van der Waals surface area contributed by atoms with Crippen molar-refractivity contribution in [3.63, 3.8) is 0 Å². The van der Waals surface area contributed by atoms with Crippen LogP contribution in [-0.2, 0) is 9.53 Å². The summed E-state index contributed by atoms with van der Waals surface area (Å²) in [5.41, 5.74) is 10.9. The molecule has 176 valence electrons. The Morgan fingerprint density at radius 2 is 1.65 bits per heavy atom. The van der Waals surface area contributed by atoms with Gasteiger partial charge in [0, 0.05) is 17.9 Å². The molecule has 0 saturated heterocycles. The molecule has 3 N–H and O–H groups in total. The van der Waals surface area contributed by atoms with Crippen molar-refractivity contribution in [2.45, 2.75) is 31.7 Å². The molecule has 1 atom stereocenters. The van der Waals surface area contributed by atoms with Gasteiger partial charge in [-0.1, -0.05) is 67.1 Å². The van der Waals surface area contributed by atoms with Crippen molar-refractivity contribution < 1.29 is 9.53 Å². The largest absolute Gasteiger partial charge is 0.469 e. The molecule has 3 aromatic rings. The Labute approximate surface area is 201 Å². The monoisotopic (exact) mass is 456 g/mol. The number of unbranched alkanes of at least 4 members (excludes halogenated alkanes) is 2. The third-order valence-electron chi connectivity index (χ3n) is 6.07. The minimum atomic E-state index is -0.255. The van der Waals surface area contributed by atoms with Crippen molar-refractivity contribution >= 4 is 23.3 Å². The van der Waals surface area contributed by atoms with Crippen LogP contribution in [0.25, 0.3) is 11.1 Å². The number of hydrogen-bond acceptors (Lipinski definition) is 4. The van der Waals surface area contributed by atoms with Crippen LogP contribution < -0.4 is 16.0 Å². The van der Waals surface area contributed by atoms with E-state index in [1.54, 1.807) is 0 Å². The average Bonchev–Trinajstić information content (AvgIpc) is 2.89. The Balaban J connectivity index is 1.71. The molecule has 0 saturated carbocycles. The van der Waals surface area contributed by atoms with Gasteiger partial charge in [0.15, 0.2) is 0 Å². The van der Waals surface area contributed by atoms with Crippen LogP contribution in [0.4, 0.5) is 11.4 Å². The topological polar surface area (TPSA) is 79.9 Å². The summed E-state index contributed by atoms with van der Waals surface area (Å²) in [6.07, 6.45) is 3.23. The molecule has 6 heteroatoms. The lowest BCUT2D eigenvalue weighted by Gasteiger charge is -2.39. The van der Waals surface area contributed by atoms with Crippen molar-refractivity contribution in [2.75, 3.05) is 30.4 Å². The van der Waals surface area contributed by atoms with Gasteiger partial charge in [-0.25, -0.2) is 0 Å². The highest BCUT2D eigenvalue weighted by atomic mass is 16.5. The second-order valence-corrected chi connectivity index (χ2v) is 8.35. The van der Waals surface area contributed by atoms with E-state index < -0.39 is 0 Å². The second kappa shape index (κ2) is 11.5. The smallest absolute Gasteiger partial charge is 0.307 e. The number of carbonyl (C=O) groups is 1. The van der Waals surface area contributed by atoms with E-state index in [0.29, 0.717) is 13.1 Å². The number of nitrogens with zero attached hydrogens (tertiary/aromatic N) is 2. The third-order valence-corrected chi connectivity index (χ3v) is 6.07. The first kappa shape index (κ1) is 23.5. The van der Waals surface area contributed by atoms with Gasteiger partial charge in [-0.2, -0.15) is 0 Å². The van der Waals surface area contributed by atoms with Gasteiger partial charge in [-0.15, -0.1) is 0 Å². The zero-order chi connectivity index (χ0) is 23.8. The number of guanidine groups is 1. The number of hydrogen-bond donors (Lipinski definition) is 2. The predicted molar refractivity (Wildman–Crippen MR) is 139 cm³/mol. The third kappa shape index (κ3) is 5.46. The normalized spacial score (nSPS) is 16.1. The van der Waals surface area contributed by atoms with Crippen LogP contribution in [0.3, 0.4) is 0 Å². The highest BCUT2D eigenvalue weighted by molar-refractivity contribution is 6.09. The Morgan fingerprint density at radius 1 is 0.941 bits per heavy atom. The zero-order valence-electron chi connectivity index (χ0n) is 19.6. The highest BCUT2D eigenvalue weighted by Crippen LogP contribution is 2.39. The van der Waals surface area contributed by atoms with E-state index in [1.165, 1.54) is 7.11 Å². The molecule has 0 amide bonds. The Kier molecular flexibility index (Phi) is 7.94. The number of aliphatic imine (C=N–C) groups is 1. The molecule has 1 unspecified atom stereocenters. The van der Waals surface area contributed by atoms with Crippen LogP contribution in [0.1, 0.15) is 37.3 Å². The van der Waals surface area contributed by atoms with E-state index in [4.69, 9.17) is 15.5 Å². The number of nitrogens with two attached hydrogens (primary N) is 1. The van der Waals surface area contributed by atoms with Gasteiger partial charge in [-0.05, 0) is 54.3 Å². The van der Waals surface area contributed by atoms with E-state index in [9.17, 15) is 4.79 Å². The quantitative estimate of drug-likeness (QED) is 0.334. The minimum Gasteiger partial charge on any atom is -0.469 e. The molecule has 0 bridgehead atoms. The SMILES string of the molecule is COC(=O)CC1c2ccccc2NC(=NCCCCCN)N1c1ccc(-c2ccccc2)cc1. The first-order valence-corrected chi connectivity index (χ1v) is 11.8. The lowest BCUT2D eigenvalue weighted by molar-refractivity contribution is -0.141. The fourth-order valence-corrected chi connectivity index (χ4v) is 4.29. The fraction of sp³-hybridized carbons (Fsp3) is 0.286. The summed E-state index contributed by atoms with van der Waals surface area (Å²) in [5, 5.41) is 3.50. The summed E-state index contributed by atoms with van der Waals surface area (Å²) in [6, 6.07) is 26.5. The summed E-state index contributed by atoms with van der Waals surface area (Å²) in [7, 11) is 1.43. The molecule has 1 heterocycles. The first-order valence-electron chi connectivity index (χ1n) is 11.8. The van der Waals surface area contributed by atoms with Crippen molar-refractivity contribution in [1.82, 2.24) is 0 Å². The summed E-state index contributed by atoms with van der Waals surface area (Å²) >= 11 is 0. The second-order valence-electron chi connectivity index (χ2n) is 8.35. The molecule has 1 aliphatic rings. The van der Waals surface area contributed by atoms with E-state index in [1.807, 2.05) is 36.4 Å². The number of nitrogens with one attached hydrogen (secondary N) is 1. The molecule has 6 nitrogen and oxygen atoms in total. The summed E-state index contributed by atoms with van der Waals surface area (Å²) in [4.78, 5) is 19.5. The Hall–Kier alpha value is -3.64. The van der Waals surface area contributed by atoms with Crippen LogP contribution in [-0.4, -0.2) is 32.1 Å². The lowest BCUT2D eigenvalue weighted by atomic mass is 9.96. The molecule has 1 aliphatic heterocycles. The van der Waals surface area contributed by atoms with Gasteiger partial charge in [-0.3, -0.25) is 9.79 Å². The van der Waals surface area contributed by atoms with Crippen LogP contribution in [0.15, 0.2) is 83.9 Å². The maximum atomic E-state index is 12.4. The van der Waals surface area contributed by atoms with Crippen molar-refractivity contribution in [1.29, 1.82) is 0 Å². The van der Waals surface area contributed by atoms with Crippen molar-refractivity contribution in [3.05, 3.63) is 84.4 Å². The summed E-state index contributed by atoms with van der Waals surface area (Å²) in [6.45, 7) is 1.39. The van der Waals surface area contributed by atoms with E-state index in [-0.39, 0.29) is 18.4 Å². The Morgan fingerprint density at radius 3 is 2.38 bits per heavy atom. The molecule has 0 aromatic heterocycles. The van der Waals surface area contributed by atoms with Gasteiger partial charge in [0.1, 0.15) is 0 Å². The molecule has 0 fully saturated rings. The standard InChI is InChI=1S/C28H32N4O2/c1-34-27(33)20-26-24-12-6-7-13-25(24)31-28(30-19-9-3-8-18-29)32(26)23-16-14-22(15-17-23)21-10-4-2-5-11-21/h2,4-7,10-17,26H,3,8-9,18-20,29H2,1H3,(H,30,31). The number of carbonyl (C=O) groups excluding carboxylic acids is 1. The zero-order valence-corrected chi connectivity index (χ0v) is 19.6. The number of ether oxygens (including phenoxy) is 1. The molecule has 0 aliphatic carbocycles. The van der Waals surface area contributed by atoms with E-state index in [0.717, 1.165) is 53.3 Å². The first-order chi connectivity index (χ1) is 16.7. The van der Waals surface area contributed by atoms with E-state index in [2.05, 4.69) is 52.7 Å². The average molecular weight is 457 g/mol. The molecule has 0 radical (unpaired) electrons. The van der Waals surface area contributed by atoms with Crippen LogP contribution in [0, 0.1) is 0 Å². The molecular formula is C28H32N4O2. The highest BCUT2D eigenvalue weighted by Gasteiger charge is 2.34. The van der Waals surface area contributed by atoms with Gasteiger partial charge >= 0.3 is 5.97 Å². The number of esters is 1. The number of fused-ring (bicyclic) bond motifs is 1. The molecule has 4 rings (SSSR count). The number of para-hydroxylation sites is 1. The number of benzene rings is 3. The fourth-order valence-electron chi connectivity index (χ4n) is 4.29. The van der Waals surface area contributed by atoms with E-state index >= 15 is 0 Å². The molecule has 34 heavy (non-hydrogen) atoms. The summed E-state index contributed by atoms with van der Waals surface area (Å²) in [5.74, 6) is 0.489. The molecule has 3 aromatic carbocycles. The van der Waals surface area contributed by atoms with Gasteiger partial charge in [0.2, 0.25) is 5.96 Å². The summed E-state index contributed by atoms with van der Waals surface area (Å²) < 4.78 is 5.05. The van der Waals surface area contributed by atoms with Gasteiger partial charge in [0.05, 0.1) is 19.6 Å². The number of anilines is 2. The van der Waals surface area contributed by atoms with Gasteiger partial charge in [0.25, 0.3) is 0 Å². The lowest BCUT2D eigenvalue weighted by Crippen LogP contribution is -2.44. The minimum absolute atomic E-state index is 0.224. The van der Waals surface area contributed by atoms with Crippen LogP contribution in [0.2, 0.25) is 0 Å². The number of methoxy groups -OCH3 is 1. The molecule has 0 spiro atoms. The van der Waals surface area contributed by atoms with Gasteiger partial charge < -0.3 is 20.7 Å². The Bertz CT molecular complexity index is 1110. The van der Waals surface area contributed by atoms with Crippen LogP contribution >= 0.6 is 0 Å². The maximum absolute atomic E-state index is 12.4. The van der Waals surface area contributed by atoms with Crippen molar-refractivity contribution in [3.8, 4) is 11.1 Å². The van der Waals surface area contributed by atoms with Crippen molar-refractivity contribution in [2.24, 2.45) is 10.7 Å².